The number of Topliss-reactive ketones (excluding diaryl/α,β-unsaturated/α-hetero) is 1. The predicted octanol–water partition coefficient (Wildman–Crippen LogP) is 8.98. The first-order valence-electron chi connectivity index (χ1n) is 13.2. The van der Waals surface area contributed by atoms with Crippen molar-refractivity contribution in [1.82, 2.24) is 0 Å². The number of benzene rings is 2. The summed E-state index contributed by atoms with van der Waals surface area (Å²) in [6, 6.07) is 16.0. The molecule has 0 amide bonds. The second-order valence-corrected chi connectivity index (χ2v) is 9.85. The normalized spacial score (nSPS) is 12.8. The van der Waals surface area contributed by atoms with Gasteiger partial charge in [-0.3, -0.25) is 4.79 Å². The molecule has 0 saturated carbocycles. The zero-order chi connectivity index (χ0) is 27.4. The molecule has 0 aromatic heterocycles. The van der Waals surface area contributed by atoms with Crippen molar-refractivity contribution in [3.63, 3.8) is 0 Å². The van der Waals surface area contributed by atoms with Crippen molar-refractivity contribution in [3.05, 3.63) is 87.5 Å². The van der Waals surface area contributed by atoms with Crippen LogP contribution in [0, 0.1) is 36.0 Å². The number of carbonyl (C=O) groups excluding carboxylic acids is 1. The second kappa shape index (κ2) is 14.8. The minimum atomic E-state index is 0.178. The van der Waals surface area contributed by atoms with Gasteiger partial charge < -0.3 is 5.41 Å². The molecule has 0 aliphatic rings. The molecule has 2 rings (SSSR count). The summed E-state index contributed by atoms with van der Waals surface area (Å²) in [7, 11) is 0. The monoisotopic (exact) mass is 492 g/mol. The molecule has 2 aromatic rings. The molecule has 0 heterocycles. The Labute approximate surface area is 223 Å². The van der Waals surface area contributed by atoms with E-state index in [1.54, 1.807) is 6.92 Å². The summed E-state index contributed by atoms with van der Waals surface area (Å²) >= 11 is 0. The van der Waals surface area contributed by atoms with Crippen molar-refractivity contribution in [2.24, 2.45) is 0 Å². The van der Waals surface area contributed by atoms with Crippen LogP contribution in [0.1, 0.15) is 111 Å². The van der Waals surface area contributed by atoms with Crippen LogP contribution >= 0.6 is 0 Å². The molecule has 3 heteroatoms. The summed E-state index contributed by atoms with van der Waals surface area (Å²) in [5.41, 5.74) is 8.89. The van der Waals surface area contributed by atoms with E-state index in [0.29, 0.717) is 30.0 Å². The number of carbonyl (C=O) groups is 1. The van der Waals surface area contributed by atoms with Crippen molar-refractivity contribution in [2.75, 3.05) is 0 Å². The maximum atomic E-state index is 13.1. The number of nitrogens with zero attached hydrogens (tertiary/aromatic N) is 1. The lowest BCUT2D eigenvalue weighted by molar-refractivity contribution is 0.0978. The van der Waals surface area contributed by atoms with Gasteiger partial charge in [-0.1, -0.05) is 42.8 Å². The van der Waals surface area contributed by atoms with E-state index in [1.807, 2.05) is 42.5 Å². The average Bonchev–Trinajstić information content (AvgIpc) is 2.90. The molecular formula is C34H40N2O. The van der Waals surface area contributed by atoms with E-state index < -0.39 is 0 Å². The van der Waals surface area contributed by atoms with Crippen LogP contribution in [0.5, 0.6) is 0 Å². The molecule has 0 aliphatic heterocycles. The van der Waals surface area contributed by atoms with Crippen LogP contribution in [0.3, 0.4) is 0 Å². The number of aryl methyl sites for hydroxylation is 1. The van der Waals surface area contributed by atoms with Gasteiger partial charge in [0.1, 0.15) is 0 Å². The predicted molar refractivity (Wildman–Crippen MR) is 156 cm³/mol. The molecule has 0 saturated heterocycles. The first-order chi connectivity index (χ1) is 17.7. The lowest BCUT2D eigenvalue weighted by Crippen LogP contribution is -2.04. The Kier molecular flexibility index (Phi) is 11.8. The summed E-state index contributed by atoms with van der Waals surface area (Å²) in [6.07, 6.45) is 13.0. The van der Waals surface area contributed by atoms with Crippen molar-refractivity contribution >= 4 is 17.1 Å². The Hall–Kier alpha value is -3.69. The molecule has 0 radical (unpaired) electrons. The van der Waals surface area contributed by atoms with Crippen LogP contribution in [-0.4, -0.2) is 11.5 Å². The SMILES string of the molecule is C#CCC/C(=C/C/C(C)=C(\C)c1cc(C(=O)CCCC(CC)c2ccc(C#N)cc2)ccc1C)C(C)=N. The number of terminal acetylenes is 1. The van der Waals surface area contributed by atoms with Crippen LogP contribution in [0.4, 0.5) is 0 Å². The summed E-state index contributed by atoms with van der Waals surface area (Å²) in [4.78, 5) is 13.1. The quantitative estimate of drug-likeness (QED) is 0.172. The molecule has 1 unspecified atom stereocenters. The van der Waals surface area contributed by atoms with Gasteiger partial charge in [0.05, 0.1) is 11.6 Å². The van der Waals surface area contributed by atoms with Gasteiger partial charge in [-0.05, 0) is 112 Å². The molecular weight excluding hydrogens is 452 g/mol. The molecule has 1 N–H and O–H groups in total. The van der Waals surface area contributed by atoms with Crippen molar-refractivity contribution in [1.29, 1.82) is 10.7 Å². The van der Waals surface area contributed by atoms with Crippen molar-refractivity contribution < 1.29 is 4.79 Å². The summed E-state index contributed by atoms with van der Waals surface area (Å²) < 4.78 is 0. The van der Waals surface area contributed by atoms with E-state index in [1.165, 1.54) is 16.7 Å². The van der Waals surface area contributed by atoms with Gasteiger partial charge in [-0.15, -0.1) is 12.3 Å². The maximum Gasteiger partial charge on any atom is 0.162 e. The third kappa shape index (κ3) is 8.73. The number of rotatable bonds is 13. The number of ketones is 1. The Balaban J connectivity index is 2.10. The molecule has 0 bridgehead atoms. The Morgan fingerprint density at radius 1 is 1.11 bits per heavy atom. The van der Waals surface area contributed by atoms with E-state index >= 15 is 0 Å². The number of hydrogen-bond acceptors (Lipinski definition) is 3. The third-order valence-electron chi connectivity index (χ3n) is 7.24. The van der Waals surface area contributed by atoms with E-state index in [9.17, 15) is 4.79 Å². The zero-order valence-corrected chi connectivity index (χ0v) is 23.1. The highest BCUT2D eigenvalue weighted by Gasteiger charge is 2.14. The van der Waals surface area contributed by atoms with Gasteiger partial charge in [0.2, 0.25) is 0 Å². The number of nitrogens with one attached hydrogen (secondary N) is 1. The fourth-order valence-corrected chi connectivity index (χ4v) is 4.60. The molecule has 0 aliphatic carbocycles. The fourth-order valence-electron chi connectivity index (χ4n) is 4.60. The topological polar surface area (TPSA) is 64.7 Å². The lowest BCUT2D eigenvalue weighted by atomic mass is 9.89. The Morgan fingerprint density at radius 3 is 2.41 bits per heavy atom. The lowest BCUT2D eigenvalue weighted by Gasteiger charge is -2.15. The molecule has 0 fully saturated rings. The van der Waals surface area contributed by atoms with Crippen molar-refractivity contribution in [2.45, 2.75) is 85.5 Å². The summed E-state index contributed by atoms with van der Waals surface area (Å²) in [5, 5.41) is 17.0. The van der Waals surface area contributed by atoms with Crippen LogP contribution in [0.2, 0.25) is 0 Å². The van der Waals surface area contributed by atoms with Crippen LogP contribution in [-0.2, 0) is 0 Å². The number of nitriles is 1. The van der Waals surface area contributed by atoms with Gasteiger partial charge in [-0.2, -0.15) is 5.26 Å². The van der Waals surface area contributed by atoms with Gasteiger partial charge in [-0.25, -0.2) is 0 Å². The highest BCUT2D eigenvalue weighted by molar-refractivity contribution is 5.97. The standard InChI is InChI=1S/C34H40N2O/c1-7-9-11-30(27(6)36)18-14-24(3)26(5)33-22-32(19-15-25(33)4)34(37)13-10-12-29(8-2)31-20-16-28(23-35)17-21-31/h1,15-22,29,36H,8-14H2,2-6H3/b26-24+,30-18-,36-27?. The number of hydrogen-bond donors (Lipinski definition) is 1. The minimum Gasteiger partial charge on any atom is -0.305 e. The summed E-state index contributed by atoms with van der Waals surface area (Å²) in [5.74, 6) is 3.23. The number of allylic oxidation sites excluding steroid dienone is 4. The Morgan fingerprint density at radius 2 is 1.81 bits per heavy atom. The van der Waals surface area contributed by atoms with Crippen LogP contribution in [0.25, 0.3) is 5.57 Å². The van der Waals surface area contributed by atoms with E-state index in [0.717, 1.165) is 54.4 Å². The average molecular weight is 493 g/mol. The molecule has 1 atom stereocenters. The van der Waals surface area contributed by atoms with Gasteiger partial charge in [0, 0.05) is 24.1 Å². The van der Waals surface area contributed by atoms with Crippen LogP contribution < -0.4 is 0 Å². The maximum absolute atomic E-state index is 13.1. The van der Waals surface area contributed by atoms with Crippen molar-refractivity contribution in [3.8, 4) is 18.4 Å². The van der Waals surface area contributed by atoms with E-state index in [2.05, 4.69) is 45.8 Å². The van der Waals surface area contributed by atoms with Gasteiger partial charge >= 0.3 is 0 Å². The second-order valence-electron chi connectivity index (χ2n) is 9.85. The molecule has 37 heavy (non-hydrogen) atoms. The molecule has 0 spiro atoms. The smallest absolute Gasteiger partial charge is 0.162 e. The Bertz CT molecular complexity index is 1250. The van der Waals surface area contributed by atoms with Gasteiger partial charge in [0.25, 0.3) is 0 Å². The highest BCUT2D eigenvalue weighted by Crippen LogP contribution is 2.28. The van der Waals surface area contributed by atoms with E-state index in [-0.39, 0.29) is 5.78 Å². The first kappa shape index (κ1) is 29.5. The van der Waals surface area contributed by atoms with Crippen LogP contribution in [0.15, 0.2) is 59.7 Å². The van der Waals surface area contributed by atoms with Gasteiger partial charge in [0.15, 0.2) is 5.78 Å². The van der Waals surface area contributed by atoms with E-state index in [4.69, 9.17) is 17.1 Å². The minimum absolute atomic E-state index is 0.178. The molecule has 3 nitrogen and oxygen atoms in total. The largest absolute Gasteiger partial charge is 0.305 e. The summed E-state index contributed by atoms with van der Waals surface area (Å²) in [6.45, 7) is 10.3. The highest BCUT2D eigenvalue weighted by atomic mass is 16.1. The zero-order valence-electron chi connectivity index (χ0n) is 23.1. The fraction of sp³-hybridized carbons (Fsp3) is 0.382. The first-order valence-corrected chi connectivity index (χ1v) is 13.2. The third-order valence-corrected chi connectivity index (χ3v) is 7.24. The molecule has 2 aromatic carbocycles. The molecule has 192 valence electrons.